The SMILES string of the molecule is COC(=O)C1CC[NH+](CC(=O)Nc2cccnc2Cl)CC1. The number of halogens is 1. The molecule has 0 aliphatic carbocycles. The number of pyridine rings is 1. The van der Waals surface area contributed by atoms with E-state index < -0.39 is 0 Å². The van der Waals surface area contributed by atoms with Crippen LogP contribution in [0.25, 0.3) is 0 Å². The number of esters is 1. The Hall–Kier alpha value is -1.66. The number of likely N-dealkylation sites (tertiary alicyclic amines) is 1. The molecule has 1 aliphatic rings. The molecule has 0 aromatic carbocycles. The van der Waals surface area contributed by atoms with Crippen LogP contribution in [0, 0.1) is 5.92 Å². The fourth-order valence-electron chi connectivity index (χ4n) is 2.51. The monoisotopic (exact) mass is 312 g/mol. The van der Waals surface area contributed by atoms with E-state index in [9.17, 15) is 9.59 Å². The standard InChI is InChI=1S/C14H18ClN3O3/c1-21-14(20)10-4-7-18(8-5-10)9-12(19)17-11-3-2-6-16-13(11)15/h2-3,6,10H,4-5,7-9H2,1H3,(H,17,19)/p+1. The molecule has 21 heavy (non-hydrogen) atoms. The average Bonchev–Trinajstić information content (AvgIpc) is 2.49. The third-order valence-electron chi connectivity index (χ3n) is 3.67. The fourth-order valence-corrected chi connectivity index (χ4v) is 2.67. The van der Waals surface area contributed by atoms with E-state index in [1.54, 1.807) is 18.3 Å². The number of hydrogen-bond acceptors (Lipinski definition) is 4. The van der Waals surface area contributed by atoms with E-state index in [0.29, 0.717) is 12.2 Å². The molecule has 1 amide bonds. The Labute approximate surface area is 128 Å². The molecular formula is C14H19ClN3O3+. The number of amides is 1. The summed E-state index contributed by atoms with van der Waals surface area (Å²) in [5.74, 6) is -0.286. The lowest BCUT2D eigenvalue weighted by Crippen LogP contribution is -3.14. The number of carbonyl (C=O) groups excluding carboxylic acids is 2. The van der Waals surface area contributed by atoms with Crippen molar-refractivity contribution >= 4 is 29.2 Å². The smallest absolute Gasteiger partial charge is 0.309 e. The summed E-state index contributed by atoms with van der Waals surface area (Å²) < 4.78 is 4.75. The molecule has 1 aromatic rings. The molecule has 2 rings (SSSR count). The molecule has 7 heteroatoms. The molecular weight excluding hydrogens is 294 g/mol. The van der Waals surface area contributed by atoms with Gasteiger partial charge in [-0.1, -0.05) is 11.6 Å². The third-order valence-corrected chi connectivity index (χ3v) is 3.97. The van der Waals surface area contributed by atoms with Crippen molar-refractivity contribution in [1.82, 2.24) is 4.98 Å². The number of piperidine rings is 1. The van der Waals surface area contributed by atoms with Gasteiger partial charge in [-0.05, 0) is 12.1 Å². The van der Waals surface area contributed by atoms with Crippen LogP contribution in [-0.2, 0) is 14.3 Å². The first-order valence-electron chi connectivity index (χ1n) is 6.92. The largest absolute Gasteiger partial charge is 0.469 e. The van der Waals surface area contributed by atoms with Crippen molar-refractivity contribution in [2.24, 2.45) is 5.92 Å². The van der Waals surface area contributed by atoms with Crippen LogP contribution in [0.4, 0.5) is 5.69 Å². The van der Waals surface area contributed by atoms with Gasteiger partial charge in [-0.15, -0.1) is 0 Å². The van der Waals surface area contributed by atoms with E-state index in [4.69, 9.17) is 16.3 Å². The summed E-state index contributed by atoms with van der Waals surface area (Å²) in [7, 11) is 1.41. The zero-order valence-corrected chi connectivity index (χ0v) is 12.7. The zero-order chi connectivity index (χ0) is 15.2. The Kier molecular flexibility index (Phi) is 5.52. The van der Waals surface area contributed by atoms with E-state index in [2.05, 4.69) is 10.3 Å². The van der Waals surface area contributed by atoms with E-state index in [1.807, 2.05) is 0 Å². The maximum Gasteiger partial charge on any atom is 0.309 e. The van der Waals surface area contributed by atoms with Crippen molar-refractivity contribution < 1.29 is 19.2 Å². The predicted octanol–water partition coefficient (Wildman–Crippen LogP) is 0.141. The third kappa shape index (κ3) is 4.41. The molecule has 0 saturated carbocycles. The summed E-state index contributed by atoms with van der Waals surface area (Å²) in [5.41, 5.74) is 0.521. The molecule has 0 atom stereocenters. The zero-order valence-electron chi connectivity index (χ0n) is 11.9. The average molecular weight is 313 g/mol. The first-order chi connectivity index (χ1) is 10.1. The van der Waals surface area contributed by atoms with Crippen LogP contribution in [0.15, 0.2) is 18.3 Å². The van der Waals surface area contributed by atoms with Gasteiger partial charge in [0, 0.05) is 19.0 Å². The molecule has 1 saturated heterocycles. The highest BCUT2D eigenvalue weighted by Crippen LogP contribution is 2.17. The van der Waals surface area contributed by atoms with Crippen LogP contribution < -0.4 is 10.2 Å². The minimum absolute atomic E-state index is 0.0328. The molecule has 1 aliphatic heterocycles. The number of methoxy groups -OCH3 is 1. The lowest BCUT2D eigenvalue weighted by molar-refractivity contribution is -0.897. The quantitative estimate of drug-likeness (QED) is 0.613. The van der Waals surface area contributed by atoms with Gasteiger partial charge in [-0.25, -0.2) is 4.98 Å². The molecule has 0 spiro atoms. The van der Waals surface area contributed by atoms with Crippen molar-refractivity contribution in [3.05, 3.63) is 23.5 Å². The van der Waals surface area contributed by atoms with Crippen molar-refractivity contribution in [1.29, 1.82) is 0 Å². The second-order valence-electron chi connectivity index (χ2n) is 5.11. The van der Waals surface area contributed by atoms with E-state index in [1.165, 1.54) is 7.11 Å². The molecule has 1 fully saturated rings. The van der Waals surface area contributed by atoms with Crippen LogP contribution in [0.2, 0.25) is 5.15 Å². The highest BCUT2D eigenvalue weighted by molar-refractivity contribution is 6.32. The summed E-state index contributed by atoms with van der Waals surface area (Å²) in [6, 6.07) is 3.43. The number of rotatable bonds is 4. The van der Waals surface area contributed by atoms with Crippen LogP contribution in [0.1, 0.15) is 12.8 Å². The van der Waals surface area contributed by atoms with E-state index in [0.717, 1.165) is 30.8 Å². The Balaban J connectivity index is 1.80. The van der Waals surface area contributed by atoms with Crippen LogP contribution in [-0.4, -0.2) is 43.6 Å². The lowest BCUT2D eigenvalue weighted by Gasteiger charge is -2.27. The number of hydrogen-bond donors (Lipinski definition) is 2. The van der Waals surface area contributed by atoms with Gasteiger partial charge in [-0.3, -0.25) is 9.59 Å². The Bertz CT molecular complexity index is 516. The van der Waals surface area contributed by atoms with Crippen LogP contribution >= 0.6 is 11.6 Å². The van der Waals surface area contributed by atoms with Gasteiger partial charge in [0.15, 0.2) is 11.7 Å². The number of nitrogens with zero attached hydrogens (tertiary/aromatic N) is 1. The number of quaternary nitrogens is 1. The summed E-state index contributed by atoms with van der Waals surface area (Å²) in [4.78, 5) is 28.5. The minimum Gasteiger partial charge on any atom is -0.469 e. The molecule has 6 nitrogen and oxygen atoms in total. The normalized spacial score (nSPS) is 21.6. The highest BCUT2D eigenvalue weighted by atomic mass is 35.5. The van der Waals surface area contributed by atoms with Crippen molar-refractivity contribution in [3.8, 4) is 0 Å². The first kappa shape index (κ1) is 15.7. The topological polar surface area (TPSA) is 72.7 Å². The number of carbonyl (C=O) groups is 2. The Morgan fingerprint density at radius 1 is 1.48 bits per heavy atom. The van der Waals surface area contributed by atoms with E-state index in [-0.39, 0.29) is 22.9 Å². The summed E-state index contributed by atoms with van der Waals surface area (Å²) in [5, 5.41) is 3.04. The number of aromatic nitrogens is 1. The second-order valence-corrected chi connectivity index (χ2v) is 5.47. The minimum atomic E-state index is -0.152. The van der Waals surface area contributed by atoms with Crippen molar-refractivity contribution in [2.45, 2.75) is 12.8 Å². The number of ether oxygens (including phenoxy) is 1. The summed E-state index contributed by atoms with van der Waals surface area (Å²) in [6.07, 6.45) is 3.08. The van der Waals surface area contributed by atoms with Crippen LogP contribution in [0.5, 0.6) is 0 Å². The Morgan fingerprint density at radius 2 is 2.19 bits per heavy atom. The summed E-state index contributed by atoms with van der Waals surface area (Å²) >= 11 is 5.90. The molecule has 114 valence electrons. The summed E-state index contributed by atoms with van der Waals surface area (Å²) in [6.45, 7) is 1.93. The number of nitrogens with one attached hydrogen (secondary N) is 2. The van der Waals surface area contributed by atoms with E-state index >= 15 is 0 Å². The van der Waals surface area contributed by atoms with Gasteiger partial charge in [0.25, 0.3) is 5.91 Å². The molecule has 0 bridgehead atoms. The van der Waals surface area contributed by atoms with Gasteiger partial charge in [-0.2, -0.15) is 0 Å². The van der Waals surface area contributed by atoms with Gasteiger partial charge in [0.1, 0.15) is 0 Å². The molecule has 0 radical (unpaired) electrons. The van der Waals surface area contributed by atoms with Crippen LogP contribution in [0.3, 0.4) is 0 Å². The molecule has 0 unspecified atom stereocenters. The Morgan fingerprint density at radius 3 is 2.81 bits per heavy atom. The maximum absolute atomic E-state index is 12.0. The predicted molar refractivity (Wildman–Crippen MR) is 78.2 cm³/mol. The highest BCUT2D eigenvalue weighted by Gasteiger charge is 2.29. The van der Waals surface area contributed by atoms with Gasteiger partial charge < -0.3 is 15.0 Å². The van der Waals surface area contributed by atoms with Gasteiger partial charge in [0.2, 0.25) is 0 Å². The fraction of sp³-hybridized carbons (Fsp3) is 0.500. The number of anilines is 1. The maximum atomic E-state index is 12.0. The van der Waals surface area contributed by atoms with Gasteiger partial charge in [0.05, 0.1) is 31.8 Å². The molecule has 2 N–H and O–H groups in total. The van der Waals surface area contributed by atoms with Crippen molar-refractivity contribution in [2.75, 3.05) is 32.1 Å². The first-order valence-corrected chi connectivity index (χ1v) is 7.29. The molecule has 1 aromatic heterocycles. The van der Waals surface area contributed by atoms with Crippen molar-refractivity contribution in [3.63, 3.8) is 0 Å². The van der Waals surface area contributed by atoms with Gasteiger partial charge >= 0.3 is 5.97 Å². The second kappa shape index (κ2) is 7.38. The molecule has 2 heterocycles. The lowest BCUT2D eigenvalue weighted by atomic mass is 9.97.